The molecule has 0 unspecified atom stereocenters. The van der Waals surface area contributed by atoms with E-state index in [0.717, 1.165) is 13.8 Å². The molecule has 0 spiro atoms. The first kappa shape index (κ1) is 40.3. The van der Waals surface area contributed by atoms with Gasteiger partial charge in [0.2, 0.25) is 35.4 Å². The number of hydrogen-bond acceptors (Lipinski definition) is 13. The SMILES string of the molecule is C[C@H](N)C(=O)N[C@@H](CS)C(=O)N[C@@H](CC(=O)O)C(=O)N[C@H](C(=O)N[C@@H](C)C(=O)N[C@@H](CO)C(=O)N[C@@H](CS)C(=O)O)[C@@H](C)O. The molecule has 0 aromatic heterocycles. The Morgan fingerprint density at radius 3 is 1.52 bits per heavy atom. The summed E-state index contributed by atoms with van der Waals surface area (Å²) >= 11 is 7.74. The second-order valence-corrected chi connectivity index (χ2v) is 10.2. The molecule has 0 aliphatic carbocycles. The maximum atomic E-state index is 12.9. The molecular formula is C23H39N7O12S2. The minimum Gasteiger partial charge on any atom is -0.481 e. The molecule has 0 radical (unpaired) electrons. The molecule has 0 saturated carbocycles. The van der Waals surface area contributed by atoms with Crippen molar-refractivity contribution in [1.82, 2.24) is 31.9 Å². The van der Waals surface area contributed by atoms with Gasteiger partial charge in [0.05, 0.1) is 25.2 Å². The van der Waals surface area contributed by atoms with Crippen LogP contribution in [0.3, 0.4) is 0 Å². The van der Waals surface area contributed by atoms with Gasteiger partial charge in [-0.25, -0.2) is 4.79 Å². The molecule has 0 aliphatic heterocycles. The predicted molar refractivity (Wildman–Crippen MR) is 157 cm³/mol. The highest BCUT2D eigenvalue weighted by atomic mass is 32.1. The van der Waals surface area contributed by atoms with Crippen molar-refractivity contribution in [2.75, 3.05) is 18.1 Å². The summed E-state index contributed by atoms with van der Waals surface area (Å²) in [6.45, 7) is 2.64. The molecule has 0 aromatic carbocycles. The van der Waals surface area contributed by atoms with Gasteiger partial charge in [0.15, 0.2) is 0 Å². The van der Waals surface area contributed by atoms with Crippen LogP contribution in [0.5, 0.6) is 0 Å². The first-order valence-corrected chi connectivity index (χ1v) is 14.2. The number of amides is 6. The first-order valence-electron chi connectivity index (χ1n) is 12.9. The lowest BCUT2D eigenvalue weighted by Gasteiger charge is -2.27. The van der Waals surface area contributed by atoms with Crippen LogP contribution < -0.4 is 37.6 Å². The molecule has 21 heteroatoms. The van der Waals surface area contributed by atoms with Crippen LogP contribution in [0, 0.1) is 0 Å². The Kier molecular flexibility index (Phi) is 18.0. The highest BCUT2D eigenvalue weighted by Gasteiger charge is 2.34. The number of thiol groups is 2. The van der Waals surface area contributed by atoms with Crippen LogP contribution in [0.15, 0.2) is 0 Å². The molecule has 0 rings (SSSR count). The van der Waals surface area contributed by atoms with E-state index in [-0.39, 0.29) is 11.5 Å². The molecule has 6 amide bonds. The first-order chi connectivity index (χ1) is 20.4. The monoisotopic (exact) mass is 669 g/mol. The summed E-state index contributed by atoms with van der Waals surface area (Å²) < 4.78 is 0. The molecule has 0 heterocycles. The molecule has 0 aliphatic rings. The average Bonchev–Trinajstić information content (AvgIpc) is 2.93. The Morgan fingerprint density at radius 1 is 0.636 bits per heavy atom. The molecule has 0 fully saturated rings. The number of hydrogen-bond donors (Lipinski definition) is 13. The number of carboxylic acid groups (broad SMARTS) is 2. The minimum absolute atomic E-state index is 0.251. The van der Waals surface area contributed by atoms with Gasteiger partial charge in [-0.05, 0) is 20.8 Å². The molecule has 0 saturated heterocycles. The second kappa shape index (κ2) is 19.6. The number of rotatable bonds is 19. The molecule has 0 bridgehead atoms. The molecule has 8 atom stereocenters. The maximum Gasteiger partial charge on any atom is 0.327 e. The van der Waals surface area contributed by atoms with Gasteiger partial charge in [-0.3, -0.25) is 33.6 Å². The second-order valence-electron chi connectivity index (χ2n) is 9.47. The zero-order valence-electron chi connectivity index (χ0n) is 24.0. The maximum absolute atomic E-state index is 12.9. The van der Waals surface area contributed by atoms with Crippen molar-refractivity contribution >= 4 is 72.6 Å². The number of carbonyl (C=O) groups excluding carboxylic acids is 6. The van der Waals surface area contributed by atoms with E-state index in [1.807, 2.05) is 0 Å². The van der Waals surface area contributed by atoms with Gasteiger partial charge in [-0.15, -0.1) is 0 Å². The Bertz CT molecular complexity index is 1080. The number of aliphatic hydroxyl groups excluding tert-OH is 2. The van der Waals surface area contributed by atoms with Crippen LogP contribution in [0.1, 0.15) is 27.2 Å². The van der Waals surface area contributed by atoms with E-state index in [0.29, 0.717) is 0 Å². The summed E-state index contributed by atoms with van der Waals surface area (Å²) in [5, 5.41) is 50.7. The third-order valence-corrected chi connectivity index (χ3v) is 6.40. The van der Waals surface area contributed by atoms with Crippen molar-refractivity contribution < 1.29 is 58.8 Å². The quantitative estimate of drug-likeness (QED) is 0.0571. The summed E-state index contributed by atoms with van der Waals surface area (Å²) in [5.74, 6) is -9.64. The van der Waals surface area contributed by atoms with E-state index < -0.39 is 109 Å². The van der Waals surface area contributed by atoms with Gasteiger partial charge in [0, 0.05) is 11.5 Å². The largest absolute Gasteiger partial charge is 0.481 e. The van der Waals surface area contributed by atoms with Crippen molar-refractivity contribution in [2.24, 2.45) is 5.73 Å². The van der Waals surface area contributed by atoms with Gasteiger partial charge in [0.1, 0.15) is 36.3 Å². The van der Waals surface area contributed by atoms with Crippen molar-refractivity contribution in [3.05, 3.63) is 0 Å². The Balaban J connectivity index is 5.58. The number of aliphatic hydroxyl groups is 2. The zero-order valence-corrected chi connectivity index (χ0v) is 25.8. The lowest BCUT2D eigenvalue weighted by Crippen LogP contribution is -2.61. The van der Waals surface area contributed by atoms with Crippen LogP contribution in [0.2, 0.25) is 0 Å². The Morgan fingerprint density at radius 2 is 1.09 bits per heavy atom. The fourth-order valence-electron chi connectivity index (χ4n) is 3.13. The van der Waals surface area contributed by atoms with E-state index in [1.165, 1.54) is 6.92 Å². The number of carbonyl (C=O) groups is 8. The van der Waals surface area contributed by atoms with Gasteiger partial charge in [0.25, 0.3) is 0 Å². The fourth-order valence-corrected chi connectivity index (χ4v) is 3.63. The van der Waals surface area contributed by atoms with E-state index in [9.17, 15) is 53.7 Å². The minimum atomic E-state index is -1.79. The Hall–Kier alpha value is -3.66. The highest BCUT2D eigenvalue weighted by molar-refractivity contribution is 7.80. The smallest absolute Gasteiger partial charge is 0.327 e. The van der Waals surface area contributed by atoms with Crippen LogP contribution in [-0.4, -0.2) is 134 Å². The van der Waals surface area contributed by atoms with Gasteiger partial charge < -0.3 is 58.1 Å². The number of carboxylic acids is 2. The van der Waals surface area contributed by atoms with Gasteiger partial charge in [-0.2, -0.15) is 25.3 Å². The van der Waals surface area contributed by atoms with E-state index in [2.05, 4.69) is 57.2 Å². The van der Waals surface area contributed by atoms with Gasteiger partial charge in [-0.1, -0.05) is 0 Å². The van der Waals surface area contributed by atoms with Gasteiger partial charge >= 0.3 is 11.9 Å². The molecule has 12 N–H and O–H groups in total. The Labute approximate surface area is 262 Å². The van der Waals surface area contributed by atoms with Crippen LogP contribution >= 0.6 is 25.3 Å². The molecular weight excluding hydrogens is 630 g/mol. The third-order valence-electron chi connectivity index (χ3n) is 5.67. The summed E-state index contributed by atoms with van der Waals surface area (Å²) in [5.41, 5.74) is 5.45. The van der Waals surface area contributed by atoms with Crippen molar-refractivity contribution in [3.8, 4) is 0 Å². The lowest BCUT2D eigenvalue weighted by atomic mass is 10.1. The summed E-state index contributed by atoms with van der Waals surface area (Å²) in [4.78, 5) is 97.5. The van der Waals surface area contributed by atoms with E-state index in [4.69, 9.17) is 10.8 Å². The molecule has 0 aromatic rings. The lowest BCUT2D eigenvalue weighted by molar-refractivity contribution is -0.142. The number of aliphatic carboxylic acids is 2. The van der Waals surface area contributed by atoms with Crippen molar-refractivity contribution in [1.29, 1.82) is 0 Å². The van der Waals surface area contributed by atoms with E-state index in [1.54, 1.807) is 0 Å². The predicted octanol–water partition coefficient (Wildman–Crippen LogP) is -5.95. The number of nitrogens with two attached hydrogens (primary N) is 1. The van der Waals surface area contributed by atoms with Crippen molar-refractivity contribution in [2.45, 2.75) is 75.6 Å². The van der Waals surface area contributed by atoms with E-state index >= 15 is 0 Å². The topological polar surface area (TPSA) is 316 Å². The molecule has 44 heavy (non-hydrogen) atoms. The van der Waals surface area contributed by atoms with Crippen molar-refractivity contribution in [3.63, 3.8) is 0 Å². The normalized spacial score (nSPS) is 16.3. The summed E-state index contributed by atoms with van der Waals surface area (Å²) in [7, 11) is 0. The fraction of sp³-hybridized carbons (Fsp3) is 0.652. The third kappa shape index (κ3) is 13.8. The van der Waals surface area contributed by atoms with Crippen LogP contribution in [-0.2, 0) is 38.4 Å². The molecule has 250 valence electrons. The molecule has 19 nitrogen and oxygen atoms in total. The number of nitrogens with one attached hydrogen (secondary N) is 6. The van der Waals surface area contributed by atoms with Crippen LogP contribution in [0.25, 0.3) is 0 Å². The summed E-state index contributed by atoms with van der Waals surface area (Å²) in [6.07, 6.45) is -2.58. The average molecular weight is 670 g/mol. The van der Waals surface area contributed by atoms with Crippen LogP contribution in [0.4, 0.5) is 0 Å². The highest BCUT2D eigenvalue weighted by Crippen LogP contribution is 2.02. The standard InChI is InChI=1S/C23H39N7O12S2/c1-8(24)17(35)28-13(6-43)21(39)26-11(4-15(33)34)19(37)30-16(10(3)32)22(40)25-9(2)18(36)27-12(5-31)20(38)29-14(7-44)23(41)42/h8-14,16,31-32,43-44H,4-7,24H2,1-3H3,(H,25,40)(H,26,39)(H,27,36)(H,28,35)(H,29,38)(H,30,37)(H,33,34)(H,41,42)/t8-,9-,10+,11-,12-,13-,14-,16-/m0/s1. The summed E-state index contributed by atoms with van der Waals surface area (Å²) in [6, 6.07) is -10.4. The zero-order chi connectivity index (χ0) is 34.3.